The maximum absolute atomic E-state index is 13.0. The zero-order chi connectivity index (χ0) is 23.2. The topological polar surface area (TPSA) is 75.3 Å². The standard InChI is InChI=1S/C24H23BrF2N4O2/c25-17-5-7-21(33-14-19-3-1-2-8-29-19)20(10-17)23(24(32)30-13-22(26)27)31-18-6-4-15-11-28-12-16(15)9-18/h1-10,22-23,28,31H,11-14H2,(H,30,32)/t23-/m1/s1. The number of benzene rings is 2. The average Bonchev–Trinajstić information content (AvgIpc) is 3.29. The number of aromatic nitrogens is 1. The van der Waals surface area contributed by atoms with E-state index in [0.29, 0.717) is 17.0 Å². The lowest BCUT2D eigenvalue weighted by molar-refractivity contribution is -0.122. The first-order chi connectivity index (χ1) is 16.0. The van der Waals surface area contributed by atoms with E-state index in [-0.39, 0.29) is 6.61 Å². The number of halogens is 3. The van der Waals surface area contributed by atoms with Crippen molar-refractivity contribution in [1.29, 1.82) is 0 Å². The lowest BCUT2D eigenvalue weighted by Gasteiger charge is -2.23. The van der Waals surface area contributed by atoms with Crippen molar-refractivity contribution in [2.75, 3.05) is 11.9 Å². The average molecular weight is 517 g/mol. The number of pyridine rings is 1. The molecule has 0 fully saturated rings. The fraction of sp³-hybridized carbons (Fsp3) is 0.250. The highest BCUT2D eigenvalue weighted by Gasteiger charge is 2.26. The van der Waals surface area contributed by atoms with Gasteiger partial charge >= 0.3 is 0 Å². The van der Waals surface area contributed by atoms with Gasteiger partial charge in [-0.05, 0) is 53.6 Å². The summed E-state index contributed by atoms with van der Waals surface area (Å²) in [4.78, 5) is 17.3. The van der Waals surface area contributed by atoms with Crippen LogP contribution in [0.5, 0.6) is 5.75 Å². The number of rotatable bonds is 9. The number of hydrogen-bond acceptors (Lipinski definition) is 5. The highest BCUT2D eigenvalue weighted by atomic mass is 79.9. The fourth-order valence-corrected chi connectivity index (χ4v) is 4.01. The molecule has 0 radical (unpaired) electrons. The summed E-state index contributed by atoms with van der Waals surface area (Å²) in [6, 6.07) is 15.7. The van der Waals surface area contributed by atoms with Gasteiger partial charge in [0.1, 0.15) is 18.4 Å². The molecule has 1 atom stereocenters. The Morgan fingerprint density at radius 1 is 1.12 bits per heavy atom. The summed E-state index contributed by atoms with van der Waals surface area (Å²) in [6.07, 6.45) is -0.977. The molecule has 1 aliphatic rings. The van der Waals surface area contributed by atoms with Crippen molar-refractivity contribution in [3.05, 3.63) is 87.7 Å². The Bertz CT molecular complexity index is 1110. The molecule has 2 aromatic carbocycles. The number of nitrogens with zero attached hydrogens (tertiary/aromatic N) is 1. The lowest BCUT2D eigenvalue weighted by atomic mass is 10.0. The van der Waals surface area contributed by atoms with Gasteiger partial charge in [0.25, 0.3) is 6.43 Å². The third-order valence-corrected chi connectivity index (χ3v) is 5.72. The number of ether oxygens (including phenoxy) is 1. The summed E-state index contributed by atoms with van der Waals surface area (Å²) in [5.74, 6) is -0.119. The largest absolute Gasteiger partial charge is 0.487 e. The van der Waals surface area contributed by atoms with Crippen molar-refractivity contribution >= 4 is 27.5 Å². The van der Waals surface area contributed by atoms with Gasteiger partial charge in [-0.1, -0.05) is 28.1 Å². The van der Waals surface area contributed by atoms with Crippen LogP contribution in [0.25, 0.3) is 0 Å². The number of nitrogens with one attached hydrogen (secondary N) is 3. The Balaban J connectivity index is 1.63. The van der Waals surface area contributed by atoms with E-state index in [0.717, 1.165) is 28.8 Å². The summed E-state index contributed by atoms with van der Waals surface area (Å²) >= 11 is 3.44. The van der Waals surface area contributed by atoms with Gasteiger partial charge in [-0.25, -0.2) is 8.78 Å². The van der Waals surface area contributed by atoms with Gasteiger partial charge in [-0.15, -0.1) is 0 Å². The molecular formula is C24H23BrF2N4O2. The molecule has 33 heavy (non-hydrogen) atoms. The van der Waals surface area contributed by atoms with Crippen LogP contribution >= 0.6 is 15.9 Å². The molecule has 0 spiro atoms. The number of carbonyl (C=O) groups is 1. The molecule has 1 aromatic heterocycles. The van der Waals surface area contributed by atoms with Gasteiger partial charge in [0, 0.05) is 35.0 Å². The molecule has 6 nitrogen and oxygen atoms in total. The number of anilines is 1. The van der Waals surface area contributed by atoms with Gasteiger partial charge in [0.05, 0.1) is 12.2 Å². The zero-order valence-corrected chi connectivity index (χ0v) is 19.2. The van der Waals surface area contributed by atoms with Crippen molar-refractivity contribution in [3.63, 3.8) is 0 Å². The Morgan fingerprint density at radius 3 is 2.76 bits per heavy atom. The third-order valence-electron chi connectivity index (χ3n) is 5.23. The van der Waals surface area contributed by atoms with Gasteiger partial charge in [-0.2, -0.15) is 0 Å². The second-order valence-corrected chi connectivity index (χ2v) is 8.51. The molecule has 0 bridgehead atoms. The van der Waals surface area contributed by atoms with Gasteiger partial charge in [0.2, 0.25) is 5.91 Å². The monoisotopic (exact) mass is 516 g/mol. The highest BCUT2D eigenvalue weighted by Crippen LogP contribution is 2.32. The Labute approximate surface area is 198 Å². The first-order valence-corrected chi connectivity index (χ1v) is 11.3. The molecule has 3 aromatic rings. The summed E-state index contributed by atoms with van der Waals surface area (Å²) in [6.45, 7) is 1.00. The van der Waals surface area contributed by atoms with E-state index in [1.54, 1.807) is 24.4 Å². The van der Waals surface area contributed by atoms with Crippen LogP contribution in [0.15, 0.2) is 65.3 Å². The summed E-state index contributed by atoms with van der Waals surface area (Å²) < 4.78 is 32.3. The molecule has 0 saturated heterocycles. The van der Waals surface area contributed by atoms with Crippen LogP contribution in [0.2, 0.25) is 0 Å². The van der Waals surface area contributed by atoms with Crippen LogP contribution in [0.4, 0.5) is 14.5 Å². The number of amides is 1. The first kappa shape index (κ1) is 23.1. The molecule has 1 aliphatic heterocycles. The molecule has 0 unspecified atom stereocenters. The van der Waals surface area contributed by atoms with Crippen LogP contribution < -0.4 is 20.7 Å². The number of hydrogen-bond donors (Lipinski definition) is 3. The molecule has 3 N–H and O–H groups in total. The molecule has 172 valence electrons. The fourth-order valence-electron chi connectivity index (χ4n) is 3.63. The van der Waals surface area contributed by atoms with Crippen molar-refractivity contribution in [2.24, 2.45) is 0 Å². The zero-order valence-electron chi connectivity index (χ0n) is 17.7. The van der Waals surface area contributed by atoms with E-state index in [4.69, 9.17) is 4.74 Å². The quantitative estimate of drug-likeness (QED) is 0.388. The third kappa shape index (κ3) is 6.06. The van der Waals surface area contributed by atoms with Crippen molar-refractivity contribution in [2.45, 2.75) is 32.2 Å². The van der Waals surface area contributed by atoms with Crippen LogP contribution in [0.3, 0.4) is 0 Å². The predicted octanol–water partition coefficient (Wildman–Crippen LogP) is 4.56. The molecule has 0 aliphatic carbocycles. The second-order valence-electron chi connectivity index (χ2n) is 7.59. The van der Waals surface area contributed by atoms with E-state index in [2.05, 4.69) is 36.9 Å². The van der Waals surface area contributed by atoms with Crippen molar-refractivity contribution in [3.8, 4) is 5.75 Å². The van der Waals surface area contributed by atoms with Crippen LogP contribution in [0.1, 0.15) is 28.4 Å². The maximum atomic E-state index is 13.0. The van der Waals surface area contributed by atoms with E-state index in [1.807, 2.05) is 36.4 Å². The van der Waals surface area contributed by atoms with Crippen LogP contribution in [0, 0.1) is 0 Å². The summed E-state index contributed by atoms with van der Waals surface area (Å²) in [5, 5.41) is 8.82. The van der Waals surface area contributed by atoms with Gasteiger partial charge < -0.3 is 20.7 Å². The minimum Gasteiger partial charge on any atom is -0.487 e. The minimum absolute atomic E-state index is 0.200. The number of alkyl halides is 2. The Kier molecular flexibility index (Phi) is 7.51. The molecular weight excluding hydrogens is 494 g/mol. The van der Waals surface area contributed by atoms with E-state index in [9.17, 15) is 13.6 Å². The highest BCUT2D eigenvalue weighted by molar-refractivity contribution is 9.10. The van der Waals surface area contributed by atoms with Crippen molar-refractivity contribution < 1.29 is 18.3 Å². The predicted molar refractivity (Wildman–Crippen MR) is 125 cm³/mol. The summed E-state index contributed by atoms with van der Waals surface area (Å²) in [7, 11) is 0. The summed E-state index contributed by atoms with van der Waals surface area (Å²) in [5.41, 5.74) is 4.29. The molecule has 9 heteroatoms. The van der Waals surface area contributed by atoms with Crippen molar-refractivity contribution in [1.82, 2.24) is 15.6 Å². The Hall–Kier alpha value is -3.04. The van der Waals surface area contributed by atoms with E-state index >= 15 is 0 Å². The number of carbonyl (C=O) groups excluding carboxylic acids is 1. The van der Waals surface area contributed by atoms with E-state index in [1.165, 1.54) is 5.56 Å². The Morgan fingerprint density at radius 2 is 1.97 bits per heavy atom. The minimum atomic E-state index is -2.65. The molecule has 1 amide bonds. The lowest BCUT2D eigenvalue weighted by Crippen LogP contribution is -2.36. The molecule has 0 saturated carbocycles. The molecule has 2 heterocycles. The smallest absolute Gasteiger partial charge is 0.255 e. The SMILES string of the molecule is O=C(NCC(F)F)[C@H](Nc1ccc2c(c1)CNC2)c1cc(Br)ccc1OCc1ccccn1. The maximum Gasteiger partial charge on any atom is 0.255 e. The van der Waals surface area contributed by atoms with Crippen LogP contribution in [-0.2, 0) is 24.5 Å². The first-order valence-electron chi connectivity index (χ1n) is 10.5. The number of fused-ring (bicyclic) bond motifs is 1. The second kappa shape index (κ2) is 10.7. The van der Waals surface area contributed by atoms with Gasteiger partial charge in [-0.3, -0.25) is 9.78 Å². The van der Waals surface area contributed by atoms with E-state index < -0.39 is 24.9 Å². The van der Waals surface area contributed by atoms with Crippen LogP contribution in [-0.4, -0.2) is 23.9 Å². The molecule has 4 rings (SSSR count). The normalized spacial score (nSPS) is 13.5. The van der Waals surface area contributed by atoms with Gasteiger partial charge in [0.15, 0.2) is 0 Å².